The fourth-order valence-corrected chi connectivity index (χ4v) is 3.95. The molecule has 3 rings (SSSR count). The molecule has 2 heterocycles. The van der Waals surface area contributed by atoms with Crippen molar-refractivity contribution in [3.63, 3.8) is 0 Å². The van der Waals surface area contributed by atoms with Crippen molar-refractivity contribution in [1.29, 1.82) is 0 Å². The third-order valence-electron chi connectivity index (χ3n) is 5.41. The van der Waals surface area contributed by atoms with Crippen molar-refractivity contribution in [2.45, 2.75) is 51.9 Å². The van der Waals surface area contributed by atoms with Crippen molar-refractivity contribution in [2.75, 3.05) is 26.2 Å². The topological polar surface area (TPSA) is 79.9 Å². The third kappa shape index (κ3) is 6.35. The molecule has 2 amide bonds. The summed E-state index contributed by atoms with van der Waals surface area (Å²) in [5.41, 5.74) is 0.433. The van der Waals surface area contributed by atoms with Crippen LogP contribution in [0.2, 0.25) is 0 Å². The van der Waals surface area contributed by atoms with Gasteiger partial charge >= 0.3 is 12.2 Å². The molecule has 7 nitrogen and oxygen atoms in total. The van der Waals surface area contributed by atoms with Gasteiger partial charge in [-0.3, -0.25) is 0 Å². The SMILES string of the molecule is CC(C)(C)OC(=O)NC(C1CCCNC1)C1CN(C(=O)OCc2ccccc2)C1. The molecule has 0 aliphatic carbocycles. The fourth-order valence-electron chi connectivity index (χ4n) is 3.95. The maximum absolute atomic E-state index is 12.4. The molecular weight excluding hydrogens is 370 g/mol. The second-order valence-corrected chi connectivity index (χ2v) is 8.98. The van der Waals surface area contributed by atoms with Crippen LogP contribution in [-0.2, 0) is 16.1 Å². The molecule has 7 heteroatoms. The Hall–Kier alpha value is -2.28. The summed E-state index contributed by atoms with van der Waals surface area (Å²) in [5, 5.41) is 6.50. The Kier molecular flexibility index (Phi) is 7.00. The Labute approximate surface area is 173 Å². The van der Waals surface area contributed by atoms with Gasteiger partial charge in [-0.15, -0.1) is 0 Å². The molecule has 1 aromatic carbocycles. The lowest BCUT2D eigenvalue weighted by Crippen LogP contribution is -2.62. The highest BCUT2D eigenvalue weighted by atomic mass is 16.6. The number of nitrogens with one attached hydrogen (secondary N) is 2. The maximum Gasteiger partial charge on any atom is 0.410 e. The second-order valence-electron chi connectivity index (χ2n) is 8.98. The predicted molar refractivity (Wildman–Crippen MR) is 110 cm³/mol. The summed E-state index contributed by atoms with van der Waals surface area (Å²) in [7, 11) is 0. The first-order valence-electron chi connectivity index (χ1n) is 10.5. The molecular formula is C22H33N3O4. The average Bonchev–Trinajstić information content (AvgIpc) is 2.64. The first-order chi connectivity index (χ1) is 13.8. The van der Waals surface area contributed by atoms with Crippen molar-refractivity contribution < 1.29 is 19.1 Å². The molecule has 2 unspecified atom stereocenters. The molecule has 0 spiro atoms. The van der Waals surface area contributed by atoms with Gasteiger partial charge in [-0.2, -0.15) is 0 Å². The standard InChI is InChI=1S/C22H33N3O4/c1-22(2,3)29-20(26)24-19(17-10-7-11-23-12-17)18-13-25(14-18)21(27)28-15-16-8-5-4-6-9-16/h4-6,8-9,17-19,23H,7,10-15H2,1-3H3,(H,24,26). The van der Waals surface area contributed by atoms with E-state index in [1.165, 1.54) is 0 Å². The van der Waals surface area contributed by atoms with Gasteiger partial charge in [-0.1, -0.05) is 30.3 Å². The van der Waals surface area contributed by atoms with E-state index in [1.807, 2.05) is 51.1 Å². The molecule has 2 saturated heterocycles. The highest BCUT2D eigenvalue weighted by Gasteiger charge is 2.41. The molecule has 0 radical (unpaired) electrons. The quantitative estimate of drug-likeness (QED) is 0.790. The number of nitrogens with zero attached hydrogens (tertiary/aromatic N) is 1. The van der Waals surface area contributed by atoms with Crippen LogP contribution in [0.25, 0.3) is 0 Å². The minimum atomic E-state index is -0.535. The molecule has 0 bridgehead atoms. The average molecular weight is 404 g/mol. The highest BCUT2D eigenvalue weighted by molar-refractivity contribution is 5.70. The molecule has 2 aliphatic heterocycles. The van der Waals surface area contributed by atoms with Gasteiger partial charge in [0.1, 0.15) is 12.2 Å². The Morgan fingerprint density at radius 2 is 1.93 bits per heavy atom. The van der Waals surface area contributed by atoms with E-state index in [0.29, 0.717) is 19.0 Å². The predicted octanol–water partition coefficient (Wildman–Crippen LogP) is 3.15. The zero-order chi connectivity index (χ0) is 20.9. The van der Waals surface area contributed by atoms with Gasteiger partial charge in [-0.05, 0) is 58.2 Å². The van der Waals surface area contributed by atoms with Gasteiger partial charge in [0.05, 0.1) is 0 Å². The zero-order valence-electron chi connectivity index (χ0n) is 17.6. The van der Waals surface area contributed by atoms with E-state index < -0.39 is 11.7 Å². The van der Waals surface area contributed by atoms with E-state index in [4.69, 9.17) is 9.47 Å². The number of carbonyl (C=O) groups excluding carboxylic acids is 2. The first kappa shape index (κ1) is 21.4. The molecule has 2 aliphatic rings. The molecule has 2 atom stereocenters. The number of piperidine rings is 1. The van der Waals surface area contributed by atoms with Gasteiger partial charge in [-0.25, -0.2) is 9.59 Å². The number of alkyl carbamates (subject to hydrolysis) is 1. The van der Waals surface area contributed by atoms with Crippen LogP contribution in [0.3, 0.4) is 0 Å². The molecule has 2 fully saturated rings. The van der Waals surface area contributed by atoms with Crippen LogP contribution in [0.5, 0.6) is 0 Å². The number of likely N-dealkylation sites (tertiary alicyclic amines) is 1. The fraction of sp³-hybridized carbons (Fsp3) is 0.636. The summed E-state index contributed by atoms with van der Waals surface area (Å²) < 4.78 is 10.9. The summed E-state index contributed by atoms with van der Waals surface area (Å²) in [6, 6.07) is 9.63. The molecule has 0 saturated carbocycles. The van der Waals surface area contributed by atoms with Gasteiger partial charge in [0.25, 0.3) is 0 Å². The summed E-state index contributed by atoms with van der Waals surface area (Å²) in [6.07, 6.45) is 1.45. The van der Waals surface area contributed by atoms with Gasteiger partial charge < -0.3 is 25.0 Å². The number of rotatable bonds is 5. The Morgan fingerprint density at radius 1 is 1.21 bits per heavy atom. The lowest BCUT2D eigenvalue weighted by molar-refractivity contribution is 0.0161. The third-order valence-corrected chi connectivity index (χ3v) is 5.41. The zero-order valence-corrected chi connectivity index (χ0v) is 17.6. The molecule has 29 heavy (non-hydrogen) atoms. The van der Waals surface area contributed by atoms with Crippen molar-refractivity contribution in [3.05, 3.63) is 35.9 Å². The van der Waals surface area contributed by atoms with Crippen LogP contribution in [0, 0.1) is 11.8 Å². The number of amides is 2. The Balaban J connectivity index is 1.52. The van der Waals surface area contributed by atoms with Crippen molar-refractivity contribution >= 4 is 12.2 Å². The van der Waals surface area contributed by atoms with Crippen LogP contribution in [0.15, 0.2) is 30.3 Å². The molecule has 0 aromatic heterocycles. The summed E-state index contributed by atoms with van der Waals surface area (Å²) in [4.78, 5) is 26.4. The number of hydrogen-bond donors (Lipinski definition) is 2. The highest BCUT2D eigenvalue weighted by Crippen LogP contribution is 2.28. The van der Waals surface area contributed by atoms with Gasteiger partial charge in [0.15, 0.2) is 0 Å². The normalized spacial score (nSPS) is 21.1. The Bertz CT molecular complexity index is 677. The number of hydrogen-bond acceptors (Lipinski definition) is 5. The van der Waals surface area contributed by atoms with E-state index in [9.17, 15) is 9.59 Å². The maximum atomic E-state index is 12.4. The van der Waals surface area contributed by atoms with Crippen LogP contribution >= 0.6 is 0 Å². The Morgan fingerprint density at radius 3 is 2.55 bits per heavy atom. The number of ether oxygens (including phenoxy) is 2. The largest absolute Gasteiger partial charge is 0.445 e. The van der Waals surface area contributed by atoms with Crippen molar-refractivity contribution in [1.82, 2.24) is 15.5 Å². The minimum absolute atomic E-state index is 0.0178. The van der Waals surface area contributed by atoms with E-state index in [-0.39, 0.29) is 24.7 Å². The van der Waals surface area contributed by atoms with Crippen molar-refractivity contribution in [2.24, 2.45) is 11.8 Å². The van der Waals surface area contributed by atoms with Gasteiger partial charge in [0.2, 0.25) is 0 Å². The lowest BCUT2D eigenvalue weighted by atomic mass is 9.80. The number of carbonyl (C=O) groups is 2. The second kappa shape index (κ2) is 9.48. The van der Waals surface area contributed by atoms with E-state index in [2.05, 4.69) is 10.6 Å². The minimum Gasteiger partial charge on any atom is -0.445 e. The summed E-state index contributed by atoms with van der Waals surface area (Å²) in [5.74, 6) is 0.542. The molecule has 160 valence electrons. The van der Waals surface area contributed by atoms with Crippen molar-refractivity contribution in [3.8, 4) is 0 Å². The molecule has 1 aromatic rings. The van der Waals surface area contributed by atoms with Crippen LogP contribution in [0.4, 0.5) is 9.59 Å². The van der Waals surface area contributed by atoms with Gasteiger partial charge in [0, 0.05) is 25.0 Å². The summed E-state index contributed by atoms with van der Waals surface area (Å²) >= 11 is 0. The molecule has 2 N–H and O–H groups in total. The van der Waals surface area contributed by atoms with E-state index in [1.54, 1.807) is 4.90 Å². The monoisotopic (exact) mass is 403 g/mol. The smallest absolute Gasteiger partial charge is 0.410 e. The van der Waals surface area contributed by atoms with E-state index >= 15 is 0 Å². The lowest BCUT2D eigenvalue weighted by Gasteiger charge is -2.46. The van der Waals surface area contributed by atoms with Crippen LogP contribution in [-0.4, -0.2) is 54.9 Å². The van der Waals surface area contributed by atoms with Crippen LogP contribution in [0.1, 0.15) is 39.2 Å². The summed E-state index contributed by atoms with van der Waals surface area (Å²) in [6.45, 7) is 8.91. The van der Waals surface area contributed by atoms with Crippen LogP contribution < -0.4 is 10.6 Å². The first-order valence-corrected chi connectivity index (χ1v) is 10.5. The van der Waals surface area contributed by atoms with E-state index in [0.717, 1.165) is 31.5 Å². The number of benzene rings is 1.